The van der Waals surface area contributed by atoms with Crippen LogP contribution >= 0.6 is 28.6 Å². The lowest BCUT2D eigenvalue weighted by molar-refractivity contribution is -0.0483. The van der Waals surface area contributed by atoms with Gasteiger partial charge in [0.05, 0.1) is 25.7 Å². The highest BCUT2D eigenvalue weighted by atomic mass is 79.9. The van der Waals surface area contributed by atoms with Crippen molar-refractivity contribution < 1.29 is 9.47 Å². The highest BCUT2D eigenvalue weighted by Crippen LogP contribution is 2.46. The van der Waals surface area contributed by atoms with Crippen LogP contribution in [0.4, 0.5) is 0 Å². The van der Waals surface area contributed by atoms with Crippen LogP contribution in [0.15, 0.2) is 4.47 Å². The molecule has 2 rings (SSSR count). The SMILES string of the molecule is COc1c(C)c(C)c(Br)c(C)c1C1(CS)COC1. The molecule has 0 unspecified atom stereocenters. The Hall–Kier alpha value is -0.190. The summed E-state index contributed by atoms with van der Waals surface area (Å²) in [5.74, 6) is 1.77. The van der Waals surface area contributed by atoms with Crippen molar-refractivity contribution in [2.24, 2.45) is 0 Å². The summed E-state index contributed by atoms with van der Waals surface area (Å²) in [7, 11) is 1.74. The molecule has 1 saturated heterocycles. The minimum atomic E-state index is -0.000478. The van der Waals surface area contributed by atoms with Crippen LogP contribution in [-0.2, 0) is 10.2 Å². The van der Waals surface area contributed by atoms with Crippen LogP contribution in [-0.4, -0.2) is 26.1 Å². The van der Waals surface area contributed by atoms with Gasteiger partial charge in [-0.2, -0.15) is 12.6 Å². The molecule has 1 aliphatic heterocycles. The molecule has 0 aromatic heterocycles. The van der Waals surface area contributed by atoms with E-state index in [1.54, 1.807) is 7.11 Å². The molecule has 1 aromatic rings. The number of rotatable bonds is 3. The molecule has 1 fully saturated rings. The molecule has 100 valence electrons. The largest absolute Gasteiger partial charge is 0.496 e. The van der Waals surface area contributed by atoms with Crippen LogP contribution < -0.4 is 4.74 Å². The molecule has 0 atom stereocenters. The molecule has 0 bridgehead atoms. The predicted octanol–water partition coefficient (Wildman–Crippen LogP) is 3.58. The van der Waals surface area contributed by atoms with Gasteiger partial charge in [0.2, 0.25) is 0 Å². The highest BCUT2D eigenvalue weighted by Gasteiger charge is 2.43. The molecular formula is C14H19BrO2S. The Bertz CT molecular complexity index is 476. The molecule has 0 aliphatic carbocycles. The minimum absolute atomic E-state index is 0.000478. The number of halogens is 1. The van der Waals surface area contributed by atoms with Crippen molar-refractivity contribution in [1.82, 2.24) is 0 Å². The molecule has 0 N–H and O–H groups in total. The van der Waals surface area contributed by atoms with E-state index < -0.39 is 0 Å². The third-order valence-corrected chi connectivity index (χ3v) is 5.75. The van der Waals surface area contributed by atoms with E-state index in [4.69, 9.17) is 9.47 Å². The third kappa shape index (κ3) is 1.89. The average Bonchev–Trinajstić information content (AvgIpc) is 2.32. The summed E-state index contributed by atoms with van der Waals surface area (Å²) in [6, 6.07) is 0. The van der Waals surface area contributed by atoms with E-state index in [0.717, 1.165) is 24.7 Å². The van der Waals surface area contributed by atoms with Crippen LogP contribution in [0.3, 0.4) is 0 Å². The van der Waals surface area contributed by atoms with Crippen molar-refractivity contribution in [3.05, 3.63) is 26.7 Å². The van der Waals surface area contributed by atoms with Crippen LogP contribution in [0, 0.1) is 20.8 Å². The van der Waals surface area contributed by atoms with Gasteiger partial charge in [0.15, 0.2) is 0 Å². The Morgan fingerprint density at radius 1 is 1.22 bits per heavy atom. The number of methoxy groups -OCH3 is 1. The van der Waals surface area contributed by atoms with Gasteiger partial charge in [-0.3, -0.25) is 0 Å². The van der Waals surface area contributed by atoms with Crippen molar-refractivity contribution in [3.63, 3.8) is 0 Å². The molecule has 0 amide bonds. The maximum atomic E-state index is 5.67. The number of ether oxygens (including phenoxy) is 2. The third-order valence-electron chi connectivity index (χ3n) is 3.96. The smallest absolute Gasteiger partial charge is 0.126 e. The number of thiol groups is 1. The van der Waals surface area contributed by atoms with Gasteiger partial charge in [-0.25, -0.2) is 0 Å². The summed E-state index contributed by atoms with van der Waals surface area (Å²) in [5.41, 5.74) is 4.92. The summed E-state index contributed by atoms with van der Waals surface area (Å²) in [4.78, 5) is 0. The Balaban J connectivity index is 2.73. The molecule has 2 nitrogen and oxygen atoms in total. The first kappa shape index (κ1) is 14.2. The van der Waals surface area contributed by atoms with Crippen LogP contribution in [0.5, 0.6) is 5.75 Å². The van der Waals surface area contributed by atoms with E-state index >= 15 is 0 Å². The second kappa shape index (κ2) is 5.06. The molecule has 1 aliphatic rings. The first-order chi connectivity index (χ1) is 8.48. The van der Waals surface area contributed by atoms with Gasteiger partial charge < -0.3 is 9.47 Å². The lowest BCUT2D eigenvalue weighted by Crippen LogP contribution is -2.49. The van der Waals surface area contributed by atoms with Crippen molar-refractivity contribution in [3.8, 4) is 5.75 Å². The molecule has 0 radical (unpaired) electrons. The summed E-state index contributed by atoms with van der Waals surface area (Å²) in [5, 5.41) is 0. The van der Waals surface area contributed by atoms with Gasteiger partial charge in [0.25, 0.3) is 0 Å². The highest BCUT2D eigenvalue weighted by molar-refractivity contribution is 9.10. The van der Waals surface area contributed by atoms with Crippen LogP contribution in [0.1, 0.15) is 22.3 Å². The van der Waals surface area contributed by atoms with Crippen molar-refractivity contribution in [2.75, 3.05) is 26.1 Å². The zero-order valence-electron chi connectivity index (χ0n) is 11.3. The van der Waals surface area contributed by atoms with Gasteiger partial charge in [-0.15, -0.1) is 0 Å². The summed E-state index contributed by atoms with van der Waals surface area (Å²) in [6.45, 7) is 7.81. The molecule has 18 heavy (non-hydrogen) atoms. The monoisotopic (exact) mass is 330 g/mol. The van der Waals surface area contributed by atoms with E-state index in [1.807, 2.05) is 0 Å². The summed E-state index contributed by atoms with van der Waals surface area (Å²) < 4.78 is 12.3. The van der Waals surface area contributed by atoms with Gasteiger partial charge in [-0.05, 0) is 37.5 Å². The number of hydrogen-bond donors (Lipinski definition) is 1. The Labute approximate surface area is 123 Å². The van der Waals surface area contributed by atoms with Crippen molar-refractivity contribution >= 4 is 28.6 Å². The second-order valence-corrected chi connectivity index (χ2v) is 6.14. The van der Waals surface area contributed by atoms with Gasteiger partial charge in [0.1, 0.15) is 5.75 Å². The number of hydrogen-bond acceptors (Lipinski definition) is 3. The fourth-order valence-corrected chi connectivity index (χ4v) is 3.48. The summed E-state index contributed by atoms with van der Waals surface area (Å²) in [6.07, 6.45) is 0. The normalized spacial score (nSPS) is 17.4. The Morgan fingerprint density at radius 2 is 1.83 bits per heavy atom. The minimum Gasteiger partial charge on any atom is -0.496 e. The van der Waals surface area contributed by atoms with E-state index in [-0.39, 0.29) is 5.41 Å². The maximum Gasteiger partial charge on any atom is 0.126 e. The predicted molar refractivity (Wildman–Crippen MR) is 81.3 cm³/mol. The molecule has 1 aromatic carbocycles. The van der Waals surface area contributed by atoms with E-state index in [0.29, 0.717) is 0 Å². The second-order valence-electron chi connectivity index (χ2n) is 5.03. The molecule has 0 spiro atoms. The van der Waals surface area contributed by atoms with Gasteiger partial charge in [-0.1, -0.05) is 15.9 Å². The topological polar surface area (TPSA) is 18.5 Å². The van der Waals surface area contributed by atoms with Crippen molar-refractivity contribution in [1.29, 1.82) is 0 Å². The average molecular weight is 331 g/mol. The first-order valence-corrected chi connectivity index (χ1v) is 7.43. The molecule has 4 heteroatoms. The van der Waals surface area contributed by atoms with E-state index in [2.05, 4.69) is 49.3 Å². The van der Waals surface area contributed by atoms with Crippen molar-refractivity contribution in [2.45, 2.75) is 26.2 Å². The van der Waals surface area contributed by atoms with Gasteiger partial charge >= 0.3 is 0 Å². The quantitative estimate of drug-likeness (QED) is 0.854. The fourth-order valence-electron chi connectivity index (χ4n) is 2.64. The lowest BCUT2D eigenvalue weighted by Gasteiger charge is -2.43. The molecule has 0 saturated carbocycles. The summed E-state index contributed by atoms with van der Waals surface area (Å²) >= 11 is 8.22. The van der Waals surface area contributed by atoms with E-state index in [1.165, 1.54) is 26.7 Å². The first-order valence-electron chi connectivity index (χ1n) is 6.01. The Kier molecular flexibility index (Phi) is 4.00. The Morgan fingerprint density at radius 3 is 2.22 bits per heavy atom. The zero-order chi connectivity index (χ0) is 13.5. The van der Waals surface area contributed by atoms with Crippen LogP contribution in [0.25, 0.3) is 0 Å². The van der Waals surface area contributed by atoms with Crippen LogP contribution in [0.2, 0.25) is 0 Å². The zero-order valence-corrected chi connectivity index (χ0v) is 13.7. The standard InChI is InChI=1S/C14H19BrO2S/c1-8-9(2)13(16-4)11(10(3)12(8)15)14(7-18)5-17-6-14/h18H,5-7H2,1-4H3. The molecular weight excluding hydrogens is 312 g/mol. The number of benzene rings is 1. The fraction of sp³-hybridized carbons (Fsp3) is 0.571. The maximum absolute atomic E-state index is 5.67. The van der Waals surface area contributed by atoms with Gasteiger partial charge in [0, 0.05) is 15.8 Å². The molecule has 1 heterocycles. The lowest BCUT2D eigenvalue weighted by atomic mass is 9.76. The van der Waals surface area contributed by atoms with E-state index in [9.17, 15) is 0 Å².